The molecule has 6 heteroatoms. The van der Waals surface area contributed by atoms with Gasteiger partial charge in [0.25, 0.3) is 0 Å². The van der Waals surface area contributed by atoms with Gasteiger partial charge in [0.05, 0.1) is 12.2 Å². The minimum absolute atomic E-state index is 0.0265. The van der Waals surface area contributed by atoms with Crippen molar-refractivity contribution in [1.82, 2.24) is 5.32 Å². The summed E-state index contributed by atoms with van der Waals surface area (Å²) < 4.78 is 0. The van der Waals surface area contributed by atoms with Gasteiger partial charge < -0.3 is 10.4 Å². The van der Waals surface area contributed by atoms with Crippen molar-refractivity contribution in [3.63, 3.8) is 0 Å². The van der Waals surface area contributed by atoms with Crippen LogP contribution in [0.2, 0.25) is 0 Å². The Morgan fingerprint density at radius 2 is 2.31 bits per heavy atom. The Labute approximate surface area is 102 Å². The maximum Gasteiger partial charge on any atom is 0.305 e. The molecule has 0 radical (unpaired) electrons. The first-order valence-corrected chi connectivity index (χ1v) is 6.80. The van der Waals surface area contributed by atoms with E-state index in [1.807, 2.05) is 17.5 Å². The Kier molecular flexibility index (Phi) is 5.95. The Hall–Kier alpha value is -1.01. The van der Waals surface area contributed by atoms with Crippen molar-refractivity contribution in [3.8, 4) is 0 Å². The molecule has 16 heavy (non-hydrogen) atoms. The molecule has 0 saturated heterocycles. The summed E-state index contributed by atoms with van der Waals surface area (Å²) in [4.78, 5) is 22.7. The number of carboxylic acids is 1. The second kappa shape index (κ2) is 7.29. The van der Waals surface area contributed by atoms with Gasteiger partial charge in [0.15, 0.2) is 0 Å². The van der Waals surface area contributed by atoms with E-state index in [4.69, 9.17) is 5.11 Å². The Bertz CT molecular complexity index is 338. The average Bonchev–Trinajstić information content (AvgIpc) is 2.70. The number of nitrogens with one attached hydrogen (secondary N) is 1. The van der Waals surface area contributed by atoms with Crippen molar-refractivity contribution in [3.05, 3.63) is 22.4 Å². The first kappa shape index (κ1) is 13.1. The fraction of sp³-hybridized carbons (Fsp3) is 0.400. The predicted molar refractivity (Wildman–Crippen MR) is 65.7 cm³/mol. The average molecular weight is 259 g/mol. The summed E-state index contributed by atoms with van der Waals surface area (Å²) in [5.74, 6) is 0.191. The molecule has 0 unspecified atom stereocenters. The van der Waals surface area contributed by atoms with E-state index < -0.39 is 5.97 Å². The molecular weight excluding hydrogens is 246 g/mol. The Morgan fingerprint density at radius 1 is 1.50 bits per heavy atom. The Balaban J connectivity index is 2.04. The van der Waals surface area contributed by atoms with E-state index in [9.17, 15) is 9.59 Å². The van der Waals surface area contributed by atoms with E-state index in [0.29, 0.717) is 5.75 Å². The third kappa shape index (κ3) is 5.77. The molecule has 0 saturated carbocycles. The number of rotatable bonds is 7. The van der Waals surface area contributed by atoms with Crippen LogP contribution >= 0.6 is 23.1 Å². The highest BCUT2D eigenvalue weighted by Gasteiger charge is 2.03. The molecule has 0 atom stereocenters. The fourth-order valence-corrected chi connectivity index (χ4v) is 2.70. The standard InChI is InChI=1S/C10H13NO3S2/c12-9(11-4-3-10(13)14)7-15-6-8-2-1-5-16-8/h1-2,5H,3-4,6-7H2,(H,11,12)(H,13,14). The molecule has 1 aromatic rings. The quantitative estimate of drug-likeness (QED) is 0.780. The Morgan fingerprint density at radius 3 is 2.94 bits per heavy atom. The molecule has 88 valence electrons. The van der Waals surface area contributed by atoms with Crippen molar-refractivity contribution in [2.24, 2.45) is 0 Å². The second-order valence-electron chi connectivity index (χ2n) is 3.07. The summed E-state index contributed by atoms with van der Waals surface area (Å²) in [6.45, 7) is 0.202. The summed E-state index contributed by atoms with van der Waals surface area (Å²) in [7, 11) is 0. The summed E-state index contributed by atoms with van der Waals surface area (Å²) in [5, 5.41) is 12.9. The number of carbonyl (C=O) groups excluding carboxylic acids is 1. The summed E-state index contributed by atoms with van der Waals surface area (Å²) in [6, 6.07) is 4.01. The minimum Gasteiger partial charge on any atom is -0.481 e. The molecule has 0 aliphatic rings. The van der Waals surface area contributed by atoms with Gasteiger partial charge in [0.1, 0.15) is 0 Å². The summed E-state index contributed by atoms with van der Waals surface area (Å²) >= 11 is 3.19. The molecule has 1 rings (SSSR count). The van der Waals surface area contributed by atoms with Gasteiger partial charge in [-0.2, -0.15) is 0 Å². The number of carbonyl (C=O) groups is 2. The lowest BCUT2D eigenvalue weighted by Gasteiger charge is -2.02. The third-order valence-corrected chi connectivity index (χ3v) is 3.76. The van der Waals surface area contributed by atoms with Crippen LogP contribution in [0.15, 0.2) is 17.5 Å². The molecular formula is C10H13NO3S2. The van der Waals surface area contributed by atoms with Gasteiger partial charge in [0.2, 0.25) is 5.91 Å². The molecule has 2 N–H and O–H groups in total. The van der Waals surface area contributed by atoms with E-state index in [2.05, 4.69) is 5.32 Å². The molecule has 4 nitrogen and oxygen atoms in total. The number of thioether (sulfide) groups is 1. The van der Waals surface area contributed by atoms with Crippen LogP contribution in [0.4, 0.5) is 0 Å². The van der Waals surface area contributed by atoms with Crippen LogP contribution in [0.5, 0.6) is 0 Å². The molecule has 0 aliphatic heterocycles. The largest absolute Gasteiger partial charge is 0.481 e. The number of hydrogen-bond donors (Lipinski definition) is 2. The van der Waals surface area contributed by atoms with Crippen LogP contribution in [-0.2, 0) is 15.3 Å². The first-order valence-electron chi connectivity index (χ1n) is 4.77. The van der Waals surface area contributed by atoms with Gasteiger partial charge in [0, 0.05) is 17.2 Å². The summed E-state index contributed by atoms with van der Waals surface area (Å²) in [6.07, 6.45) is -0.0265. The molecule has 1 aromatic heterocycles. The van der Waals surface area contributed by atoms with Gasteiger partial charge in [-0.25, -0.2) is 0 Å². The van der Waals surface area contributed by atoms with Crippen molar-refractivity contribution in [1.29, 1.82) is 0 Å². The lowest BCUT2D eigenvalue weighted by atomic mass is 10.4. The van der Waals surface area contributed by atoms with Crippen LogP contribution < -0.4 is 5.32 Å². The zero-order chi connectivity index (χ0) is 11.8. The van der Waals surface area contributed by atoms with Crippen LogP contribution in [0.1, 0.15) is 11.3 Å². The molecule has 0 aromatic carbocycles. The van der Waals surface area contributed by atoms with Crippen molar-refractivity contribution in [2.45, 2.75) is 12.2 Å². The number of carboxylic acid groups (broad SMARTS) is 1. The van der Waals surface area contributed by atoms with E-state index in [1.54, 1.807) is 11.3 Å². The molecule has 1 amide bonds. The topological polar surface area (TPSA) is 66.4 Å². The summed E-state index contributed by atoms with van der Waals surface area (Å²) in [5.41, 5.74) is 0. The molecule has 1 heterocycles. The highest BCUT2D eigenvalue weighted by Crippen LogP contribution is 2.16. The fourth-order valence-electron chi connectivity index (χ4n) is 0.999. The van der Waals surface area contributed by atoms with Crippen molar-refractivity contribution >= 4 is 35.0 Å². The predicted octanol–water partition coefficient (Wildman–Crippen LogP) is 1.57. The maximum absolute atomic E-state index is 11.2. The lowest BCUT2D eigenvalue weighted by molar-refractivity contribution is -0.136. The van der Waals surface area contributed by atoms with Gasteiger partial charge in [-0.05, 0) is 11.4 Å². The van der Waals surface area contributed by atoms with Gasteiger partial charge in [-0.3, -0.25) is 9.59 Å². The molecule has 0 aliphatic carbocycles. The van der Waals surface area contributed by atoms with Crippen LogP contribution in [0.25, 0.3) is 0 Å². The number of amides is 1. The van der Waals surface area contributed by atoms with Gasteiger partial charge in [-0.1, -0.05) is 6.07 Å². The van der Waals surface area contributed by atoms with Crippen LogP contribution in [-0.4, -0.2) is 29.3 Å². The normalized spacial score (nSPS) is 10.0. The van der Waals surface area contributed by atoms with Crippen LogP contribution in [0, 0.1) is 0 Å². The molecule has 0 spiro atoms. The van der Waals surface area contributed by atoms with Crippen molar-refractivity contribution in [2.75, 3.05) is 12.3 Å². The minimum atomic E-state index is -0.897. The zero-order valence-corrected chi connectivity index (χ0v) is 10.3. The number of thiophene rings is 1. The smallest absolute Gasteiger partial charge is 0.305 e. The van der Waals surface area contributed by atoms with E-state index in [1.165, 1.54) is 16.6 Å². The monoisotopic (exact) mass is 259 g/mol. The second-order valence-corrected chi connectivity index (χ2v) is 5.08. The highest BCUT2D eigenvalue weighted by atomic mass is 32.2. The van der Waals surface area contributed by atoms with Gasteiger partial charge in [-0.15, -0.1) is 23.1 Å². The zero-order valence-electron chi connectivity index (χ0n) is 8.64. The van der Waals surface area contributed by atoms with Crippen LogP contribution in [0.3, 0.4) is 0 Å². The highest BCUT2D eigenvalue weighted by molar-refractivity contribution is 7.99. The van der Waals surface area contributed by atoms with E-state index >= 15 is 0 Å². The van der Waals surface area contributed by atoms with E-state index in [-0.39, 0.29) is 18.9 Å². The lowest BCUT2D eigenvalue weighted by Crippen LogP contribution is -2.27. The van der Waals surface area contributed by atoms with Crippen molar-refractivity contribution < 1.29 is 14.7 Å². The SMILES string of the molecule is O=C(O)CCNC(=O)CSCc1cccs1. The van der Waals surface area contributed by atoms with E-state index in [0.717, 1.165) is 5.75 Å². The maximum atomic E-state index is 11.2. The van der Waals surface area contributed by atoms with Gasteiger partial charge >= 0.3 is 5.97 Å². The third-order valence-electron chi connectivity index (χ3n) is 1.72. The number of hydrogen-bond acceptors (Lipinski definition) is 4. The number of aliphatic carboxylic acids is 1. The first-order chi connectivity index (χ1) is 7.68. The molecule has 0 bridgehead atoms. The molecule has 0 fully saturated rings.